The van der Waals surface area contributed by atoms with Gasteiger partial charge in [0.1, 0.15) is 5.82 Å². The number of aromatic nitrogens is 3. The van der Waals surface area contributed by atoms with Gasteiger partial charge in [-0.3, -0.25) is 4.79 Å². The maximum atomic E-state index is 12.6. The molecule has 1 saturated heterocycles. The monoisotopic (exact) mass is 335 g/mol. The fraction of sp³-hybridized carbons (Fsp3) is 0.467. The standard InChI is InChI=1S/C15H18ClN5O2/c1-10-18-15(19-23-10)12-4-3-7-21(12)14(22)9-20(2)13-6-5-11(16)8-17-13/h5-6,8,12H,3-4,7,9H2,1-2H3/t12-/m1/s1. The van der Waals surface area contributed by atoms with Gasteiger partial charge in [0.25, 0.3) is 0 Å². The largest absolute Gasteiger partial charge is 0.350 e. The Balaban J connectivity index is 1.68. The number of pyridine rings is 1. The molecule has 0 bridgehead atoms. The molecule has 1 amide bonds. The van der Waals surface area contributed by atoms with Crippen LogP contribution in [0.1, 0.15) is 30.6 Å². The Hall–Kier alpha value is -2.15. The average Bonchev–Trinajstić information content (AvgIpc) is 3.16. The molecule has 2 aromatic rings. The first-order valence-corrected chi connectivity index (χ1v) is 7.85. The smallest absolute Gasteiger partial charge is 0.242 e. The van der Waals surface area contributed by atoms with E-state index in [-0.39, 0.29) is 18.5 Å². The molecule has 23 heavy (non-hydrogen) atoms. The molecule has 0 saturated carbocycles. The summed E-state index contributed by atoms with van der Waals surface area (Å²) in [5.74, 6) is 1.82. The molecule has 0 aliphatic carbocycles. The van der Waals surface area contributed by atoms with Gasteiger partial charge in [-0.1, -0.05) is 16.8 Å². The van der Waals surface area contributed by atoms with Crippen molar-refractivity contribution in [3.8, 4) is 0 Å². The van der Waals surface area contributed by atoms with Crippen LogP contribution in [0.3, 0.4) is 0 Å². The topological polar surface area (TPSA) is 75.4 Å². The maximum absolute atomic E-state index is 12.6. The summed E-state index contributed by atoms with van der Waals surface area (Å²) in [4.78, 5) is 24.7. The zero-order chi connectivity index (χ0) is 16.4. The molecule has 1 aliphatic heterocycles. The lowest BCUT2D eigenvalue weighted by Gasteiger charge is -2.25. The summed E-state index contributed by atoms with van der Waals surface area (Å²) in [6.07, 6.45) is 3.36. The number of rotatable bonds is 4. The van der Waals surface area contributed by atoms with E-state index in [1.165, 1.54) is 0 Å². The van der Waals surface area contributed by atoms with E-state index >= 15 is 0 Å². The zero-order valence-corrected chi connectivity index (χ0v) is 13.8. The van der Waals surface area contributed by atoms with Gasteiger partial charge in [-0.2, -0.15) is 4.98 Å². The van der Waals surface area contributed by atoms with E-state index in [2.05, 4.69) is 15.1 Å². The number of nitrogens with zero attached hydrogens (tertiary/aromatic N) is 5. The molecule has 122 valence electrons. The number of aryl methyl sites for hydroxylation is 1. The molecule has 3 heterocycles. The first-order valence-electron chi connectivity index (χ1n) is 7.47. The molecule has 1 aliphatic rings. The number of likely N-dealkylation sites (N-methyl/N-ethyl adjacent to an activating group) is 1. The zero-order valence-electron chi connectivity index (χ0n) is 13.1. The van der Waals surface area contributed by atoms with E-state index in [0.29, 0.717) is 29.1 Å². The molecule has 8 heteroatoms. The van der Waals surface area contributed by atoms with Gasteiger partial charge in [-0.15, -0.1) is 0 Å². The molecule has 1 atom stereocenters. The number of amides is 1. The van der Waals surface area contributed by atoms with Crippen molar-refractivity contribution >= 4 is 23.3 Å². The molecular formula is C15H18ClN5O2. The number of anilines is 1. The van der Waals surface area contributed by atoms with Gasteiger partial charge >= 0.3 is 0 Å². The summed E-state index contributed by atoms with van der Waals surface area (Å²) in [6.45, 7) is 2.69. The van der Waals surface area contributed by atoms with Crippen molar-refractivity contribution in [3.63, 3.8) is 0 Å². The Labute approximate surface area is 139 Å². The van der Waals surface area contributed by atoms with Crippen molar-refractivity contribution in [3.05, 3.63) is 35.1 Å². The quantitative estimate of drug-likeness (QED) is 0.852. The predicted octanol–water partition coefficient (Wildman–Crippen LogP) is 2.23. The Morgan fingerprint density at radius 1 is 1.52 bits per heavy atom. The lowest BCUT2D eigenvalue weighted by Crippen LogP contribution is -2.39. The second kappa shape index (κ2) is 6.54. The van der Waals surface area contributed by atoms with E-state index in [1.54, 1.807) is 30.2 Å². The third-order valence-corrected chi connectivity index (χ3v) is 4.11. The number of likely N-dealkylation sites (tertiary alicyclic amines) is 1. The fourth-order valence-corrected chi connectivity index (χ4v) is 2.86. The highest BCUT2D eigenvalue weighted by Gasteiger charge is 2.33. The Kier molecular flexibility index (Phi) is 4.47. The molecule has 2 aromatic heterocycles. The minimum absolute atomic E-state index is 0.0224. The SMILES string of the molecule is Cc1nc([C@H]2CCCN2C(=O)CN(C)c2ccc(Cl)cn2)no1. The van der Waals surface area contributed by atoms with E-state index in [1.807, 2.05) is 11.9 Å². The molecule has 7 nitrogen and oxygen atoms in total. The second-order valence-electron chi connectivity index (χ2n) is 5.61. The van der Waals surface area contributed by atoms with Crippen molar-refractivity contribution in [2.75, 3.05) is 25.0 Å². The van der Waals surface area contributed by atoms with Crippen molar-refractivity contribution < 1.29 is 9.32 Å². The predicted molar refractivity (Wildman–Crippen MR) is 85.2 cm³/mol. The molecule has 1 fully saturated rings. The summed E-state index contributed by atoms with van der Waals surface area (Å²) in [5, 5.41) is 4.53. The van der Waals surface area contributed by atoms with Gasteiger partial charge in [-0.05, 0) is 25.0 Å². The fourth-order valence-electron chi connectivity index (χ4n) is 2.75. The maximum Gasteiger partial charge on any atom is 0.242 e. The second-order valence-corrected chi connectivity index (χ2v) is 6.04. The van der Waals surface area contributed by atoms with Crippen molar-refractivity contribution in [2.24, 2.45) is 0 Å². The van der Waals surface area contributed by atoms with Crippen molar-refractivity contribution in [1.29, 1.82) is 0 Å². The van der Waals surface area contributed by atoms with Gasteiger partial charge in [0.05, 0.1) is 17.6 Å². The van der Waals surface area contributed by atoms with E-state index < -0.39 is 0 Å². The molecule has 0 aromatic carbocycles. The molecule has 0 spiro atoms. The molecule has 3 rings (SSSR count). The molecule has 0 radical (unpaired) electrons. The minimum atomic E-state index is -0.105. The third-order valence-electron chi connectivity index (χ3n) is 3.89. The van der Waals surface area contributed by atoms with Crippen LogP contribution in [0.5, 0.6) is 0 Å². The third kappa shape index (κ3) is 3.44. The lowest BCUT2D eigenvalue weighted by molar-refractivity contribution is -0.130. The van der Waals surface area contributed by atoms with Gasteiger partial charge in [-0.25, -0.2) is 4.98 Å². The normalized spacial score (nSPS) is 17.5. The molecule has 0 unspecified atom stereocenters. The summed E-state index contributed by atoms with van der Waals surface area (Å²) in [6, 6.07) is 3.44. The van der Waals surface area contributed by atoms with Gasteiger partial charge in [0.2, 0.25) is 11.8 Å². The van der Waals surface area contributed by atoms with Crippen molar-refractivity contribution in [2.45, 2.75) is 25.8 Å². The van der Waals surface area contributed by atoms with Crippen LogP contribution in [-0.2, 0) is 4.79 Å². The summed E-state index contributed by atoms with van der Waals surface area (Å²) in [5.41, 5.74) is 0. The van der Waals surface area contributed by atoms with Gasteiger partial charge < -0.3 is 14.3 Å². The highest BCUT2D eigenvalue weighted by Crippen LogP contribution is 2.30. The molecule has 0 N–H and O–H groups in total. The first kappa shape index (κ1) is 15.7. The summed E-state index contributed by atoms with van der Waals surface area (Å²) < 4.78 is 5.03. The van der Waals surface area contributed by atoms with Crippen LogP contribution in [-0.4, -0.2) is 46.1 Å². The van der Waals surface area contributed by atoms with Crippen LogP contribution in [0.2, 0.25) is 5.02 Å². The summed E-state index contributed by atoms with van der Waals surface area (Å²) in [7, 11) is 1.83. The van der Waals surface area contributed by atoms with E-state index in [9.17, 15) is 4.79 Å². The Morgan fingerprint density at radius 3 is 3.00 bits per heavy atom. The molecular weight excluding hydrogens is 318 g/mol. The van der Waals surface area contributed by atoms with E-state index in [0.717, 1.165) is 12.8 Å². The summed E-state index contributed by atoms with van der Waals surface area (Å²) >= 11 is 5.84. The Bertz CT molecular complexity index is 687. The van der Waals surface area contributed by atoms with Crippen LogP contribution >= 0.6 is 11.6 Å². The van der Waals surface area contributed by atoms with Crippen LogP contribution in [0.25, 0.3) is 0 Å². The Morgan fingerprint density at radius 2 is 2.35 bits per heavy atom. The van der Waals surface area contributed by atoms with Crippen molar-refractivity contribution in [1.82, 2.24) is 20.0 Å². The van der Waals surface area contributed by atoms with Crippen LogP contribution < -0.4 is 4.90 Å². The number of hydrogen-bond donors (Lipinski definition) is 0. The lowest BCUT2D eigenvalue weighted by atomic mass is 10.2. The van der Waals surface area contributed by atoms with Gasteiger partial charge in [0, 0.05) is 26.7 Å². The average molecular weight is 336 g/mol. The van der Waals surface area contributed by atoms with Crippen LogP contribution in [0, 0.1) is 6.92 Å². The van der Waals surface area contributed by atoms with Crippen LogP contribution in [0.15, 0.2) is 22.9 Å². The number of hydrogen-bond acceptors (Lipinski definition) is 6. The van der Waals surface area contributed by atoms with Crippen LogP contribution in [0.4, 0.5) is 5.82 Å². The minimum Gasteiger partial charge on any atom is -0.350 e. The van der Waals surface area contributed by atoms with E-state index in [4.69, 9.17) is 16.1 Å². The number of carbonyl (C=O) groups excluding carboxylic acids is 1. The van der Waals surface area contributed by atoms with Gasteiger partial charge in [0.15, 0.2) is 5.82 Å². The highest BCUT2D eigenvalue weighted by molar-refractivity contribution is 6.30. The first-order chi connectivity index (χ1) is 11.0. The number of carbonyl (C=O) groups is 1. The number of halogens is 1. The highest BCUT2D eigenvalue weighted by atomic mass is 35.5.